The van der Waals surface area contributed by atoms with Gasteiger partial charge in [0.1, 0.15) is 11.4 Å². The molecule has 1 aromatic carbocycles. The number of carbonyl (C=O) groups excluding carboxylic acids is 1. The molecule has 2 aliphatic rings. The summed E-state index contributed by atoms with van der Waals surface area (Å²) in [5, 5.41) is 22.2. The Morgan fingerprint density at radius 3 is 2.69 bits per heavy atom. The van der Waals surface area contributed by atoms with Crippen molar-refractivity contribution in [1.82, 2.24) is 4.98 Å². The van der Waals surface area contributed by atoms with E-state index >= 15 is 0 Å². The Labute approximate surface area is 169 Å². The normalized spacial score (nSPS) is 23.1. The number of carboxylic acid groups (broad SMARTS) is 1. The quantitative estimate of drug-likeness (QED) is 0.826. The number of hydrogen-bond acceptors (Lipinski definition) is 5. The smallest absolute Gasteiger partial charge is 0.339 e. The number of rotatable bonds is 4. The van der Waals surface area contributed by atoms with Crippen LogP contribution in [-0.4, -0.2) is 28.0 Å². The Hall–Kier alpha value is -3.40. The van der Waals surface area contributed by atoms with Gasteiger partial charge in [0.05, 0.1) is 17.7 Å². The van der Waals surface area contributed by atoms with E-state index in [2.05, 4.69) is 23.3 Å². The molecule has 2 N–H and O–H groups in total. The number of nitrogens with one attached hydrogen (secondary N) is 1. The van der Waals surface area contributed by atoms with Crippen molar-refractivity contribution >= 4 is 23.4 Å². The number of carbonyl (C=O) groups is 2. The molecular formula is C22H22N4O3. The lowest BCUT2D eigenvalue weighted by Crippen LogP contribution is -2.51. The first-order valence-corrected chi connectivity index (χ1v) is 9.71. The van der Waals surface area contributed by atoms with E-state index in [1.807, 2.05) is 11.0 Å². The first-order valence-electron chi connectivity index (χ1n) is 9.71. The number of carboxylic acids is 1. The fourth-order valence-electron chi connectivity index (χ4n) is 4.48. The first-order chi connectivity index (χ1) is 13.9. The van der Waals surface area contributed by atoms with Gasteiger partial charge in [0.25, 0.3) is 0 Å². The zero-order valence-corrected chi connectivity index (χ0v) is 16.3. The lowest BCUT2D eigenvalue weighted by Gasteiger charge is -2.46. The van der Waals surface area contributed by atoms with E-state index in [0.29, 0.717) is 11.5 Å². The molecule has 1 aromatic heterocycles. The third-order valence-corrected chi connectivity index (χ3v) is 5.89. The predicted molar refractivity (Wildman–Crippen MR) is 108 cm³/mol. The molecule has 0 radical (unpaired) electrons. The SMILES string of the molecule is CC(=O)N1c2ccc(C#N)cc2[C@H](Nc2ncccc2C(=O)O)[C@@H](C)[C@@H]1C1CC1. The van der Waals surface area contributed by atoms with Gasteiger partial charge < -0.3 is 15.3 Å². The summed E-state index contributed by atoms with van der Waals surface area (Å²) in [5.41, 5.74) is 2.17. The number of aromatic carboxylic acids is 1. The molecule has 0 bridgehead atoms. The zero-order valence-electron chi connectivity index (χ0n) is 16.3. The average Bonchev–Trinajstić information content (AvgIpc) is 3.54. The van der Waals surface area contributed by atoms with Crippen LogP contribution in [0.3, 0.4) is 0 Å². The molecule has 0 saturated heterocycles. The Bertz CT molecular complexity index is 1020. The predicted octanol–water partition coefficient (Wildman–Crippen LogP) is 3.59. The van der Waals surface area contributed by atoms with Crippen molar-refractivity contribution in [2.75, 3.05) is 10.2 Å². The van der Waals surface area contributed by atoms with Crippen LogP contribution in [-0.2, 0) is 4.79 Å². The molecular weight excluding hydrogens is 368 g/mol. The molecule has 0 unspecified atom stereocenters. The summed E-state index contributed by atoms with van der Waals surface area (Å²) in [6.45, 7) is 3.64. The second-order valence-corrected chi connectivity index (χ2v) is 7.79. The maximum absolute atomic E-state index is 12.6. The molecule has 1 aliphatic heterocycles. The van der Waals surface area contributed by atoms with Crippen molar-refractivity contribution in [3.05, 3.63) is 53.2 Å². The number of hydrogen-bond donors (Lipinski definition) is 2. The third kappa shape index (κ3) is 3.31. The fraction of sp³-hybridized carbons (Fsp3) is 0.364. The highest BCUT2D eigenvalue weighted by Crippen LogP contribution is 2.50. The van der Waals surface area contributed by atoms with Crippen LogP contribution in [0, 0.1) is 23.2 Å². The largest absolute Gasteiger partial charge is 0.478 e. The molecule has 29 heavy (non-hydrogen) atoms. The minimum absolute atomic E-state index is 0.0106. The summed E-state index contributed by atoms with van der Waals surface area (Å²) in [7, 11) is 0. The van der Waals surface area contributed by atoms with Crippen molar-refractivity contribution in [3.63, 3.8) is 0 Å². The number of aromatic nitrogens is 1. The first kappa shape index (κ1) is 18.9. The zero-order chi connectivity index (χ0) is 20.7. The monoisotopic (exact) mass is 390 g/mol. The minimum atomic E-state index is -1.06. The van der Waals surface area contributed by atoms with Crippen LogP contribution in [0.5, 0.6) is 0 Å². The van der Waals surface area contributed by atoms with Gasteiger partial charge in [-0.1, -0.05) is 6.92 Å². The molecule has 1 saturated carbocycles. The minimum Gasteiger partial charge on any atom is -0.478 e. The number of benzene rings is 1. The molecule has 4 rings (SSSR count). The van der Waals surface area contributed by atoms with Crippen molar-refractivity contribution in [1.29, 1.82) is 5.26 Å². The van der Waals surface area contributed by atoms with Gasteiger partial charge in [-0.3, -0.25) is 4.79 Å². The van der Waals surface area contributed by atoms with E-state index in [9.17, 15) is 20.0 Å². The van der Waals surface area contributed by atoms with Gasteiger partial charge in [0.2, 0.25) is 5.91 Å². The van der Waals surface area contributed by atoms with Crippen LogP contribution in [0.2, 0.25) is 0 Å². The molecule has 3 atom stereocenters. The lowest BCUT2D eigenvalue weighted by molar-refractivity contribution is -0.117. The van der Waals surface area contributed by atoms with Crippen molar-refractivity contribution in [2.45, 2.75) is 38.8 Å². The summed E-state index contributed by atoms with van der Waals surface area (Å²) in [6.07, 6.45) is 3.69. The molecule has 1 amide bonds. The molecule has 148 valence electrons. The van der Waals surface area contributed by atoms with Crippen LogP contribution in [0.1, 0.15) is 54.2 Å². The fourth-order valence-corrected chi connectivity index (χ4v) is 4.48. The molecule has 2 heterocycles. The van der Waals surface area contributed by atoms with E-state index < -0.39 is 5.97 Å². The van der Waals surface area contributed by atoms with Crippen molar-refractivity contribution < 1.29 is 14.7 Å². The Morgan fingerprint density at radius 2 is 2.07 bits per heavy atom. The Balaban J connectivity index is 1.85. The summed E-state index contributed by atoms with van der Waals surface area (Å²) in [4.78, 5) is 30.3. The van der Waals surface area contributed by atoms with E-state index in [1.54, 1.807) is 31.3 Å². The second-order valence-electron chi connectivity index (χ2n) is 7.79. The van der Waals surface area contributed by atoms with Gasteiger partial charge in [0.15, 0.2) is 0 Å². The Kier molecular flexibility index (Phi) is 4.71. The van der Waals surface area contributed by atoms with E-state index in [4.69, 9.17) is 0 Å². The van der Waals surface area contributed by atoms with E-state index in [0.717, 1.165) is 24.1 Å². The van der Waals surface area contributed by atoms with Crippen molar-refractivity contribution in [2.24, 2.45) is 11.8 Å². The van der Waals surface area contributed by atoms with Gasteiger partial charge in [-0.2, -0.15) is 5.26 Å². The van der Waals surface area contributed by atoms with Gasteiger partial charge in [0, 0.05) is 30.8 Å². The highest BCUT2D eigenvalue weighted by atomic mass is 16.4. The highest BCUT2D eigenvalue weighted by molar-refractivity contribution is 5.95. The molecule has 0 spiro atoms. The molecule has 1 fully saturated rings. The summed E-state index contributed by atoms with van der Waals surface area (Å²) in [5.74, 6) is -0.362. The van der Waals surface area contributed by atoms with Crippen LogP contribution in [0.15, 0.2) is 36.5 Å². The van der Waals surface area contributed by atoms with Crippen LogP contribution in [0.4, 0.5) is 11.5 Å². The topological polar surface area (TPSA) is 106 Å². The summed E-state index contributed by atoms with van der Waals surface area (Å²) < 4.78 is 0. The maximum atomic E-state index is 12.6. The molecule has 7 nitrogen and oxygen atoms in total. The average molecular weight is 390 g/mol. The van der Waals surface area contributed by atoms with Crippen LogP contribution in [0.25, 0.3) is 0 Å². The Morgan fingerprint density at radius 1 is 1.31 bits per heavy atom. The van der Waals surface area contributed by atoms with E-state index in [-0.39, 0.29) is 35.3 Å². The van der Waals surface area contributed by atoms with Gasteiger partial charge in [-0.25, -0.2) is 9.78 Å². The number of fused-ring (bicyclic) bond motifs is 1. The molecule has 7 heteroatoms. The number of nitriles is 1. The van der Waals surface area contributed by atoms with Crippen molar-refractivity contribution in [3.8, 4) is 6.07 Å². The molecule has 1 aliphatic carbocycles. The van der Waals surface area contributed by atoms with Gasteiger partial charge >= 0.3 is 5.97 Å². The number of anilines is 2. The highest BCUT2D eigenvalue weighted by Gasteiger charge is 2.47. The van der Waals surface area contributed by atoms with E-state index in [1.165, 1.54) is 6.07 Å². The lowest BCUT2D eigenvalue weighted by atomic mass is 9.79. The van der Waals surface area contributed by atoms with Gasteiger partial charge in [-0.15, -0.1) is 0 Å². The standard InChI is InChI=1S/C22H22N4O3/c1-12-19(25-21-16(22(28)29)4-3-9-24-21)17-10-14(11-23)5-8-18(17)26(13(2)27)20(12)15-6-7-15/h3-5,8-10,12,15,19-20H,6-7H2,1-2H3,(H,24,25)(H,28,29)/t12-,19-,20-/m1/s1. The van der Waals surface area contributed by atoms with Gasteiger partial charge in [-0.05, 0) is 54.7 Å². The molecule has 2 aromatic rings. The second kappa shape index (κ2) is 7.21. The van der Waals surface area contributed by atoms with Crippen LogP contribution < -0.4 is 10.2 Å². The summed E-state index contributed by atoms with van der Waals surface area (Å²) in [6, 6.07) is 10.3. The number of pyridine rings is 1. The van der Waals surface area contributed by atoms with Crippen LogP contribution >= 0.6 is 0 Å². The third-order valence-electron chi connectivity index (χ3n) is 5.89. The maximum Gasteiger partial charge on any atom is 0.339 e. The number of amides is 1. The number of nitrogens with zero attached hydrogens (tertiary/aromatic N) is 3. The summed E-state index contributed by atoms with van der Waals surface area (Å²) >= 11 is 0.